The highest BCUT2D eigenvalue weighted by atomic mass is 16.2. The second kappa shape index (κ2) is 5.96. The molecule has 1 aliphatic carbocycles. The number of hydrogen-bond donors (Lipinski definition) is 3. The van der Waals surface area contributed by atoms with Gasteiger partial charge in [0.2, 0.25) is 11.8 Å². The Hall–Kier alpha value is -1.88. The average molecular weight is 313 g/mol. The number of aryl methyl sites for hydroxylation is 1. The number of amides is 2. The zero-order valence-corrected chi connectivity index (χ0v) is 13.2. The van der Waals surface area contributed by atoms with Gasteiger partial charge in [0, 0.05) is 23.8 Å². The SMILES string of the molecule is O=C1CCc2cc(NC(=O)C3CC4CCCCC4N3)ccc2N1. The molecule has 5 heteroatoms. The van der Waals surface area contributed by atoms with Gasteiger partial charge in [-0.1, -0.05) is 12.8 Å². The summed E-state index contributed by atoms with van der Waals surface area (Å²) in [6.45, 7) is 0. The molecule has 3 atom stereocenters. The first-order chi connectivity index (χ1) is 11.2. The number of hydrogen-bond acceptors (Lipinski definition) is 3. The number of carbonyl (C=O) groups excluding carboxylic acids is 2. The van der Waals surface area contributed by atoms with Gasteiger partial charge in [-0.15, -0.1) is 0 Å². The molecule has 4 rings (SSSR count). The van der Waals surface area contributed by atoms with E-state index in [4.69, 9.17) is 0 Å². The van der Waals surface area contributed by atoms with Crippen LogP contribution in [0.5, 0.6) is 0 Å². The number of anilines is 2. The molecule has 1 saturated heterocycles. The van der Waals surface area contributed by atoms with Crippen LogP contribution < -0.4 is 16.0 Å². The van der Waals surface area contributed by atoms with E-state index < -0.39 is 0 Å². The van der Waals surface area contributed by atoms with Crippen LogP contribution in [0.3, 0.4) is 0 Å². The summed E-state index contributed by atoms with van der Waals surface area (Å²) in [5.74, 6) is 0.796. The van der Waals surface area contributed by atoms with Gasteiger partial charge in [-0.3, -0.25) is 9.59 Å². The minimum Gasteiger partial charge on any atom is -0.326 e. The maximum absolute atomic E-state index is 12.5. The number of benzene rings is 1. The predicted octanol–water partition coefficient (Wildman–Crippen LogP) is 2.43. The molecule has 1 aromatic rings. The van der Waals surface area contributed by atoms with Crippen molar-refractivity contribution in [3.8, 4) is 0 Å². The smallest absolute Gasteiger partial charge is 0.241 e. The minimum absolute atomic E-state index is 0.0621. The van der Waals surface area contributed by atoms with Crippen LogP contribution in [-0.2, 0) is 16.0 Å². The summed E-state index contributed by atoms with van der Waals surface area (Å²) in [6.07, 6.45) is 7.23. The summed E-state index contributed by atoms with van der Waals surface area (Å²) in [5.41, 5.74) is 2.78. The van der Waals surface area contributed by atoms with Crippen LogP contribution in [0.1, 0.15) is 44.1 Å². The molecule has 0 spiro atoms. The van der Waals surface area contributed by atoms with Crippen molar-refractivity contribution >= 4 is 23.2 Å². The zero-order chi connectivity index (χ0) is 15.8. The van der Waals surface area contributed by atoms with Gasteiger partial charge in [0.25, 0.3) is 0 Å². The Balaban J connectivity index is 1.42. The van der Waals surface area contributed by atoms with Crippen molar-refractivity contribution in [2.24, 2.45) is 5.92 Å². The summed E-state index contributed by atoms with van der Waals surface area (Å²) in [4.78, 5) is 23.9. The van der Waals surface area contributed by atoms with Gasteiger partial charge >= 0.3 is 0 Å². The topological polar surface area (TPSA) is 70.2 Å². The third-order valence-corrected chi connectivity index (χ3v) is 5.45. The number of rotatable bonds is 2. The highest BCUT2D eigenvalue weighted by Gasteiger charge is 2.38. The summed E-state index contributed by atoms with van der Waals surface area (Å²) in [5, 5.41) is 9.42. The third kappa shape index (κ3) is 2.98. The summed E-state index contributed by atoms with van der Waals surface area (Å²) < 4.78 is 0. The molecule has 3 N–H and O–H groups in total. The highest BCUT2D eigenvalue weighted by Crippen LogP contribution is 2.33. The molecule has 5 nitrogen and oxygen atoms in total. The Labute approximate surface area is 136 Å². The van der Waals surface area contributed by atoms with Crippen LogP contribution in [0.2, 0.25) is 0 Å². The van der Waals surface area contributed by atoms with E-state index in [9.17, 15) is 9.59 Å². The molecule has 1 aromatic carbocycles. The van der Waals surface area contributed by atoms with Crippen molar-refractivity contribution in [2.75, 3.05) is 10.6 Å². The second-order valence-electron chi connectivity index (χ2n) is 7.02. The standard InChI is InChI=1S/C18H23N3O2/c22-17-8-5-12-9-13(6-7-15(12)21-17)19-18(23)16-10-11-3-1-2-4-14(11)20-16/h6-7,9,11,14,16,20H,1-5,8,10H2,(H,19,23)(H,21,22). The van der Waals surface area contributed by atoms with Crippen molar-refractivity contribution in [2.45, 2.75) is 57.0 Å². The molecule has 2 amide bonds. The van der Waals surface area contributed by atoms with Crippen molar-refractivity contribution in [1.82, 2.24) is 5.32 Å². The number of carbonyl (C=O) groups is 2. The highest BCUT2D eigenvalue weighted by molar-refractivity contribution is 5.97. The van der Waals surface area contributed by atoms with Gasteiger partial charge in [-0.2, -0.15) is 0 Å². The van der Waals surface area contributed by atoms with Gasteiger partial charge in [0.05, 0.1) is 6.04 Å². The van der Waals surface area contributed by atoms with E-state index in [-0.39, 0.29) is 17.9 Å². The van der Waals surface area contributed by atoms with Gasteiger partial charge in [-0.05, 0) is 55.4 Å². The fourth-order valence-electron chi connectivity index (χ4n) is 4.21. The van der Waals surface area contributed by atoms with Crippen LogP contribution in [0, 0.1) is 5.92 Å². The molecular weight excluding hydrogens is 290 g/mol. The van der Waals surface area contributed by atoms with Crippen LogP contribution in [0.4, 0.5) is 11.4 Å². The van der Waals surface area contributed by atoms with Crippen molar-refractivity contribution in [1.29, 1.82) is 0 Å². The Morgan fingerprint density at radius 2 is 2.04 bits per heavy atom. The third-order valence-electron chi connectivity index (χ3n) is 5.45. The Morgan fingerprint density at radius 1 is 1.17 bits per heavy atom. The van der Waals surface area contributed by atoms with Crippen LogP contribution in [-0.4, -0.2) is 23.9 Å². The zero-order valence-electron chi connectivity index (χ0n) is 13.2. The molecule has 122 valence electrons. The Bertz CT molecular complexity index is 629. The average Bonchev–Trinajstić information content (AvgIpc) is 2.99. The van der Waals surface area contributed by atoms with E-state index >= 15 is 0 Å². The fraction of sp³-hybridized carbons (Fsp3) is 0.556. The van der Waals surface area contributed by atoms with Crippen LogP contribution >= 0.6 is 0 Å². The van der Waals surface area contributed by atoms with Gasteiger partial charge in [0.15, 0.2) is 0 Å². The first kappa shape index (κ1) is 14.7. The van der Waals surface area contributed by atoms with E-state index in [0.717, 1.165) is 29.8 Å². The molecule has 2 fully saturated rings. The molecule has 3 aliphatic rings. The largest absolute Gasteiger partial charge is 0.326 e. The number of nitrogens with one attached hydrogen (secondary N) is 3. The molecule has 23 heavy (non-hydrogen) atoms. The molecule has 3 unspecified atom stereocenters. The lowest BCUT2D eigenvalue weighted by atomic mass is 9.85. The van der Waals surface area contributed by atoms with E-state index in [2.05, 4.69) is 16.0 Å². The second-order valence-corrected chi connectivity index (χ2v) is 7.02. The normalized spacial score (nSPS) is 29.4. The van der Waals surface area contributed by atoms with E-state index in [1.54, 1.807) is 0 Å². The summed E-state index contributed by atoms with van der Waals surface area (Å²) in [7, 11) is 0. The van der Waals surface area contributed by atoms with Gasteiger partial charge < -0.3 is 16.0 Å². The minimum atomic E-state index is -0.0705. The van der Waals surface area contributed by atoms with Crippen LogP contribution in [0.25, 0.3) is 0 Å². The van der Waals surface area contributed by atoms with Crippen molar-refractivity contribution in [3.63, 3.8) is 0 Å². The van der Waals surface area contributed by atoms with Gasteiger partial charge in [0.1, 0.15) is 0 Å². The summed E-state index contributed by atoms with van der Waals surface area (Å²) >= 11 is 0. The van der Waals surface area contributed by atoms with E-state index in [0.29, 0.717) is 18.4 Å². The first-order valence-electron chi connectivity index (χ1n) is 8.69. The molecular formula is C18H23N3O2. The maximum Gasteiger partial charge on any atom is 0.241 e. The van der Waals surface area contributed by atoms with Crippen molar-refractivity contribution in [3.05, 3.63) is 23.8 Å². The lowest BCUT2D eigenvalue weighted by Crippen LogP contribution is -2.39. The molecule has 2 aliphatic heterocycles. The molecule has 0 radical (unpaired) electrons. The van der Waals surface area contributed by atoms with Gasteiger partial charge in [-0.25, -0.2) is 0 Å². The number of fused-ring (bicyclic) bond motifs is 2. The maximum atomic E-state index is 12.5. The lowest BCUT2D eigenvalue weighted by Gasteiger charge is -2.24. The van der Waals surface area contributed by atoms with Crippen molar-refractivity contribution < 1.29 is 9.59 Å². The molecule has 2 heterocycles. The quantitative estimate of drug-likeness (QED) is 0.785. The van der Waals surface area contributed by atoms with E-state index in [1.165, 1.54) is 25.7 Å². The molecule has 0 bridgehead atoms. The summed E-state index contributed by atoms with van der Waals surface area (Å²) in [6, 6.07) is 6.18. The Kier molecular flexibility index (Phi) is 3.81. The monoisotopic (exact) mass is 313 g/mol. The first-order valence-corrected chi connectivity index (χ1v) is 8.69. The predicted molar refractivity (Wildman–Crippen MR) is 89.3 cm³/mol. The van der Waals surface area contributed by atoms with Crippen LogP contribution in [0.15, 0.2) is 18.2 Å². The Morgan fingerprint density at radius 3 is 2.91 bits per heavy atom. The fourth-order valence-corrected chi connectivity index (χ4v) is 4.21. The molecule has 1 saturated carbocycles. The molecule has 0 aromatic heterocycles. The van der Waals surface area contributed by atoms with E-state index in [1.807, 2.05) is 18.2 Å². The lowest BCUT2D eigenvalue weighted by molar-refractivity contribution is -0.118.